The number of methoxy groups -OCH3 is 1. The SMILES string of the molecule is CCC(C)c1ccc(C(CC)NC(=O)c2ccn(COC)n2)cc1. The Bertz CT molecular complexity index is 649. The molecule has 1 heterocycles. The van der Waals surface area contributed by atoms with Crippen LogP contribution in [0.4, 0.5) is 0 Å². The normalized spacial score (nSPS) is 13.5. The van der Waals surface area contributed by atoms with E-state index in [0.29, 0.717) is 18.3 Å². The third kappa shape index (κ3) is 4.45. The Morgan fingerprint density at radius 2 is 1.83 bits per heavy atom. The van der Waals surface area contributed by atoms with Gasteiger partial charge in [-0.2, -0.15) is 5.10 Å². The predicted molar refractivity (Wildman–Crippen MR) is 94.9 cm³/mol. The number of aromatic nitrogens is 2. The largest absolute Gasteiger partial charge is 0.362 e. The van der Waals surface area contributed by atoms with Crippen LogP contribution in [0.3, 0.4) is 0 Å². The Labute approximate surface area is 144 Å². The van der Waals surface area contributed by atoms with E-state index in [1.165, 1.54) is 5.56 Å². The van der Waals surface area contributed by atoms with Gasteiger partial charge in [0.1, 0.15) is 12.4 Å². The minimum Gasteiger partial charge on any atom is -0.362 e. The van der Waals surface area contributed by atoms with Crippen molar-refractivity contribution < 1.29 is 9.53 Å². The monoisotopic (exact) mass is 329 g/mol. The van der Waals surface area contributed by atoms with Crippen LogP contribution in [0.2, 0.25) is 0 Å². The van der Waals surface area contributed by atoms with Crippen LogP contribution < -0.4 is 5.32 Å². The van der Waals surface area contributed by atoms with Gasteiger partial charge < -0.3 is 10.1 Å². The van der Waals surface area contributed by atoms with Gasteiger partial charge >= 0.3 is 0 Å². The molecule has 0 radical (unpaired) electrons. The fraction of sp³-hybridized carbons (Fsp3) is 0.474. The van der Waals surface area contributed by atoms with E-state index in [4.69, 9.17) is 4.74 Å². The second kappa shape index (κ2) is 8.64. The summed E-state index contributed by atoms with van der Waals surface area (Å²) in [7, 11) is 1.59. The van der Waals surface area contributed by atoms with Crippen molar-refractivity contribution in [3.05, 3.63) is 53.3 Å². The maximum absolute atomic E-state index is 12.4. The number of benzene rings is 1. The van der Waals surface area contributed by atoms with Crippen LogP contribution in [0.25, 0.3) is 0 Å². The van der Waals surface area contributed by atoms with Crippen molar-refractivity contribution >= 4 is 5.91 Å². The second-order valence-electron chi connectivity index (χ2n) is 6.07. The molecule has 2 unspecified atom stereocenters. The molecular formula is C19H27N3O2. The molecule has 0 aliphatic heterocycles. The van der Waals surface area contributed by atoms with Crippen molar-refractivity contribution in [3.8, 4) is 0 Å². The molecule has 2 rings (SSSR count). The van der Waals surface area contributed by atoms with Crippen molar-refractivity contribution in [3.63, 3.8) is 0 Å². The maximum Gasteiger partial charge on any atom is 0.272 e. The third-order valence-electron chi connectivity index (χ3n) is 4.37. The molecule has 0 bridgehead atoms. The highest BCUT2D eigenvalue weighted by atomic mass is 16.5. The van der Waals surface area contributed by atoms with E-state index in [1.54, 1.807) is 24.1 Å². The average molecular weight is 329 g/mol. The molecule has 0 saturated heterocycles. The lowest BCUT2D eigenvalue weighted by Crippen LogP contribution is -2.28. The first-order valence-corrected chi connectivity index (χ1v) is 8.52. The average Bonchev–Trinajstić information content (AvgIpc) is 3.08. The Morgan fingerprint density at radius 3 is 2.42 bits per heavy atom. The zero-order valence-corrected chi connectivity index (χ0v) is 15.0. The fourth-order valence-corrected chi connectivity index (χ4v) is 2.63. The lowest BCUT2D eigenvalue weighted by Gasteiger charge is -2.18. The van der Waals surface area contributed by atoms with Gasteiger partial charge in [-0.15, -0.1) is 0 Å². The number of ether oxygens (including phenoxy) is 1. The zero-order chi connectivity index (χ0) is 17.5. The summed E-state index contributed by atoms with van der Waals surface area (Å²) in [4.78, 5) is 12.4. The number of carbonyl (C=O) groups excluding carboxylic acids is 1. The van der Waals surface area contributed by atoms with Gasteiger partial charge in [0.15, 0.2) is 0 Å². The fourth-order valence-electron chi connectivity index (χ4n) is 2.63. The minimum atomic E-state index is -0.164. The standard InChI is InChI=1S/C19H27N3O2/c1-5-14(3)15-7-9-16(10-8-15)17(6-2)20-19(23)18-11-12-22(21-18)13-24-4/h7-12,14,17H,5-6,13H2,1-4H3,(H,20,23). The quantitative estimate of drug-likeness (QED) is 0.799. The van der Waals surface area contributed by atoms with E-state index in [0.717, 1.165) is 18.4 Å². The van der Waals surface area contributed by atoms with Gasteiger partial charge in [-0.05, 0) is 36.0 Å². The van der Waals surface area contributed by atoms with Crippen LogP contribution >= 0.6 is 0 Å². The van der Waals surface area contributed by atoms with Crippen molar-refractivity contribution in [2.45, 2.75) is 52.3 Å². The molecule has 1 N–H and O–H groups in total. The molecule has 2 aromatic rings. The predicted octanol–water partition coefficient (Wildman–Crippen LogP) is 3.88. The number of hydrogen-bond donors (Lipinski definition) is 1. The molecule has 130 valence electrons. The number of carbonyl (C=O) groups is 1. The summed E-state index contributed by atoms with van der Waals surface area (Å²) in [6.07, 6.45) is 3.69. The van der Waals surface area contributed by atoms with Gasteiger partial charge in [0.2, 0.25) is 0 Å². The van der Waals surface area contributed by atoms with Crippen LogP contribution in [0, 0.1) is 0 Å². The van der Waals surface area contributed by atoms with Crippen LogP contribution in [0.5, 0.6) is 0 Å². The van der Waals surface area contributed by atoms with E-state index in [2.05, 4.69) is 55.5 Å². The highest BCUT2D eigenvalue weighted by Gasteiger charge is 2.16. The molecule has 1 amide bonds. The summed E-state index contributed by atoms with van der Waals surface area (Å²) in [5.41, 5.74) is 2.86. The summed E-state index contributed by atoms with van der Waals surface area (Å²) >= 11 is 0. The summed E-state index contributed by atoms with van der Waals surface area (Å²) in [6, 6.07) is 10.2. The molecule has 24 heavy (non-hydrogen) atoms. The van der Waals surface area contributed by atoms with Crippen molar-refractivity contribution in [1.29, 1.82) is 0 Å². The Balaban J connectivity index is 2.06. The van der Waals surface area contributed by atoms with E-state index < -0.39 is 0 Å². The third-order valence-corrected chi connectivity index (χ3v) is 4.37. The molecule has 5 heteroatoms. The van der Waals surface area contributed by atoms with Gasteiger partial charge in [-0.3, -0.25) is 4.79 Å². The Kier molecular flexibility index (Phi) is 6.55. The summed E-state index contributed by atoms with van der Waals surface area (Å²) in [5, 5.41) is 7.27. The number of nitrogens with zero attached hydrogens (tertiary/aromatic N) is 2. The van der Waals surface area contributed by atoms with Crippen molar-refractivity contribution in [1.82, 2.24) is 15.1 Å². The number of amides is 1. The summed E-state index contributed by atoms with van der Waals surface area (Å²) < 4.78 is 6.59. The van der Waals surface area contributed by atoms with E-state index in [-0.39, 0.29) is 11.9 Å². The molecular weight excluding hydrogens is 302 g/mol. The minimum absolute atomic E-state index is 0.0175. The highest BCUT2D eigenvalue weighted by molar-refractivity contribution is 5.92. The van der Waals surface area contributed by atoms with Gasteiger partial charge in [-0.1, -0.05) is 45.0 Å². The first-order valence-electron chi connectivity index (χ1n) is 8.52. The van der Waals surface area contributed by atoms with Crippen molar-refractivity contribution in [2.24, 2.45) is 0 Å². The molecule has 1 aromatic heterocycles. The van der Waals surface area contributed by atoms with E-state index in [9.17, 15) is 4.79 Å². The second-order valence-corrected chi connectivity index (χ2v) is 6.07. The number of hydrogen-bond acceptors (Lipinski definition) is 3. The van der Waals surface area contributed by atoms with Crippen LogP contribution in [0.15, 0.2) is 36.5 Å². The van der Waals surface area contributed by atoms with Gasteiger partial charge in [-0.25, -0.2) is 4.68 Å². The van der Waals surface area contributed by atoms with Crippen molar-refractivity contribution in [2.75, 3.05) is 7.11 Å². The Hall–Kier alpha value is -2.14. The first kappa shape index (κ1) is 18.2. The van der Waals surface area contributed by atoms with Gasteiger partial charge in [0.25, 0.3) is 5.91 Å². The topological polar surface area (TPSA) is 56.2 Å². The number of nitrogens with one attached hydrogen (secondary N) is 1. The molecule has 0 fully saturated rings. The molecule has 0 saturated carbocycles. The Morgan fingerprint density at radius 1 is 1.17 bits per heavy atom. The summed E-state index contributed by atoms with van der Waals surface area (Å²) in [5.74, 6) is 0.390. The van der Waals surface area contributed by atoms with Crippen LogP contribution in [0.1, 0.15) is 67.2 Å². The van der Waals surface area contributed by atoms with Crippen LogP contribution in [-0.2, 0) is 11.5 Å². The lowest BCUT2D eigenvalue weighted by molar-refractivity contribution is 0.0923. The van der Waals surface area contributed by atoms with E-state index >= 15 is 0 Å². The van der Waals surface area contributed by atoms with Crippen LogP contribution in [-0.4, -0.2) is 22.8 Å². The van der Waals surface area contributed by atoms with E-state index in [1.807, 2.05) is 0 Å². The molecule has 0 spiro atoms. The van der Waals surface area contributed by atoms with Gasteiger partial charge in [0, 0.05) is 13.3 Å². The number of rotatable bonds is 8. The smallest absolute Gasteiger partial charge is 0.272 e. The zero-order valence-electron chi connectivity index (χ0n) is 15.0. The highest BCUT2D eigenvalue weighted by Crippen LogP contribution is 2.23. The molecule has 0 aliphatic rings. The van der Waals surface area contributed by atoms with Gasteiger partial charge in [0.05, 0.1) is 6.04 Å². The molecule has 1 aromatic carbocycles. The molecule has 5 nitrogen and oxygen atoms in total. The first-order chi connectivity index (χ1) is 11.6. The summed E-state index contributed by atoms with van der Waals surface area (Å²) in [6.45, 7) is 6.82. The molecule has 2 atom stereocenters. The maximum atomic E-state index is 12.4. The lowest BCUT2D eigenvalue weighted by atomic mass is 9.95. The molecule has 0 aliphatic carbocycles.